The third-order valence-corrected chi connectivity index (χ3v) is 2.73. The Labute approximate surface area is 95.9 Å². The van der Waals surface area contributed by atoms with E-state index in [0.29, 0.717) is 13.0 Å². The van der Waals surface area contributed by atoms with Crippen LogP contribution in [0.2, 0.25) is 0 Å². The average molecular weight is 225 g/mol. The Bertz CT molecular complexity index is 305. The number of nitrogens with zero attached hydrogens (tertiary/aromatic N) is 1. The molecule has 1 heterocycles. The molecule has 0 aromatic carbocycles. The van der Waals surface area contributed by atoms with Crippen LogP contribution in [0, 0.1) is 0 Å². The predicted octanol–water partition coefficient (Wildman–Crippen LogP) is 1.81. The second kappa shape index (κ2) is 5.68. The van der Waals surface area contributed by atoms with E-state index in [4.69, 9.17) is 5.11 Å². The number of rotatable bonds is 2. The summed E-state index contributed by atoms with van der Waals surface area (Å²) in [6.45, 7) is 4.23. The molecule has 90 valence electrons. The Morgan fingerprint density at radius 3 is 2.50 bits per heavy atom. The van der Waals surface area contributed by atoms with Crippen molar-refractivity contribution in [2.45, 2.75) is 45.6 Å². The number of hydrogen-bond donors (Lipinski definition) is 1. The maximum Gasteiger partial charge on any atom is 0.326 e. The minimum Gasteiger partial charge on any atom is -0.480 e. The number of allylic oxidation sites excluding steroid dienone is 1. The molecule has 0 radical (unpaired) electrons. The number of carbonyl (C=O) groups is 2. The van der Waals surface area contributed by atoms with Gasteiger partial charge in [0.1, 0.15) is 6.04 Å². The van der Waals surface area contributed by atoms with Gasteiger partial charge in [-0.15, -0.1) is 0 Å². The summed E-state index contributed by atoms with van der Waals surface area (Å²) >= 11 is 0. The molecule has 0 aliphatic carbocycles. The molecular formula is C12H19NO3. The molecule has 4 heteroatoms. The van der Waals surface area contributed by atoms with Crippen molar-refractivity contribution in [2.75, 3.05) is 6.54 Å². The van der Waals surface area contributed by atoms with Gasteiger partial charge in [0, 0.05) is 12.6 Å². The first-order valence-corrected chi connectivity index (χ1v) is 5.70. The van der Waals surface area contributed by atoms with E-state index in [1.54, 1.807) is 0 Å². The molecule has 1 atom stereocenters. The highest BCUT2D eigenvalue weighted by atomic mass is 16.4. The van der Waals surface area contributed by atoms with E-state index in [-0.39, 0.29) is 5.91 Å². The predicted molar refractivity (Wildman–Crippen MR) is 61.0 cm³/mol. The molecule has 0 aromatic rings. The third kappa shape index (κ3) is 3.36. The normalized spacial score (nSPS) is 21.1. The highest BCUT2D eigenvalue weighted by molar-refractivity contribution is 5.91. The third-order valence-electron chi connectivity index (χ3n) is 2.73. The van der Waals surface area contributed by atoms with Gasteiger partial charge in [-0.2, -0.15) is 0 Å². The highest BCUT2D eigenvalue weighted by Gasteiger charge is 2.29. The molecule has 1 aliphatic rings. The van der Waals surface area contributed by atoms with Crippen LogP contribution in [0.4, 0.5) is 0 Å². The molecule has 1 rings (SSSR count). The molecule has 0 aromatic heterocycles. The summed E-state index contributed by atoms with van der Waals surface area (Å²) < 4.78 is 0. The van der Waals surface area contributed by atoms with Gasteiger partial charge < -0.3 is 10.0 Å². The average Bonchev–Trinajstić information content (AvgIpc) is 2.40. The van der Waals surface area contributed by atoms with Crippen LogP contribution in [0.1, 0.15) is 39.5 Å². The summed E-state index contributed by atoms with van der Waals surface area (Å²) in [4.78, 5) is 24.4. The zero-order valence-corrected chi connectivity index (χ0v) is 9.90. The van der Waals surface area contributed by atoms with Crippen LogP contribution >= 0.6 is 0 Å². The van der Waals surface area contributed by atoms with Crippen LogP contribution in [0.3, 0.4) is 0 Å². The van der Waals surface area contributed by atoms with E-state index in [9.17, 15) is 9.59 Å². The molecule has 1 aliphatic heterocycles. The monoisotopic (exact) mass is 225 g/mol. The van der Waals surface area contributed by atoms with Gasteiger partial charge in [-0.25, -0.2) is 4.79 Å². The second-order valence-electron chi connectivity index (χ2n) is 4.46. The summed E-state index contributed by atoms with van der Waals surface area (Å²) in [5.74, 6) is -1.06. The summed E-state index contributed by atoms with van der Waals surface area (Å²) in [5.41, 5.74) is 0.901. The van der Waals surface area contributed by atoms with Crippen LogP contribution in [0.5, 0.6) is 0 Å². The summed E-state index contributed by atoms with van der Waals surface area (Å²) in [6, 6.07) is -0.648. The van der Waals surface area contributed by atoms with Crippen molar-refractivity contribution in [2.24, 2.45) is 0 Å². The molecular weight excluding hydrogens is 206 g/mol. The van der Waals surface area contributed by atoms with Crippen molar-refractivity contribution in [1.82, 2.24) is 4.90 Å². The molecule has 1 saturated heterocycles. The molecule has 0 bridgehead atoms. The van der Waals surface area contributed by atoms with E-state index < -0.39 is 12.0 Å². The van der Waals surface area contributed by atoms with Crippen LogP contribution < -0.4 is 0 Å². The zero-order valence-electron chi connectivity index (χ0n) is 9.90. The number of hydrogen-bond acceptors (Lipinski definition) is 2. The van der Waals surface area contributed by atoms with Crippen molar-refractivity contribution in [3.63, 3.8) is 0 Å². The lowest BCUT2D eigenvalue weighted by molar-refractivity contribution is -0.148. The van der Waals surface area contributed by atoms with Gasteiger partial charge in [0.2, 0.25) is 5.91 Å². The van der Waals surface area contributed by atoms with Gasteiger partial charge in [-0.1, -0.05) is 18.4 Å². The van der Waals surface area contributed by atoms with Crippen LogP contribution in [0.25, 0.3) is 0 Å². The molecule has 1 amide bonds. The van der Waals surface area contributed by atoms with Crippen molar-refractivity contribution in [3.05, 3.63) is 11.6 Å². The van der Waals surface area contributed by atoms with Gasteiger partial charge in [-0.05, 0) is 26.7 Å². The van der Waals surface area contributed by atoms with Gasteiger partial charge >= 0.3 is 5.97 Å². The van der Waals surface area contributed by atoms with Crippen molar-refractivity contribution in [1.29, 1.82) is 0 Å². The largest absolute Gasteiger partial charge is 0.480 e. The van der Waals surface area contributed by atoms with Gasteiger partial charge in [0.15, 0.2) is 0 Å². The maximum atomic E-state index is 11.9. The van der Waals surface area contributed by atoms with Crippen LogP contribution in [0.15, 0.2) is 11.6 Å². The fourth-order valence-corrected chi connectivity index (χ4v) is 1.96. The fraction of sp³-hybridized carbons (Fsp3) is 0.667. The summed E-state index contributed by atoms with van der Waals surface area (Å²) in [6.07, 6.45) is 4.86. The fourth-order valence-electron chi connectivity index (χ4n) is 1.96. The number of carboxylic acid groups (broad SMARTS) is 1. The summed E-state index contributed by atoms with van der Waals surface area (Å²) in [7, 11) is 0. The van der Waals surface area contributed by atoms with Gasteiger partial charge in [0.05, 0.1) is 0 Å². The first kappa shape index (κ1) is 12.7. The molecule has 0 saturated carbocycles. The number of likely N-dealkylation sites (tertiary alicyclic amines) is 1. The maximum absolute atomic E-state index is 11.9. The minimum absolute atomic E-state index is 0.172. The standard InChI is InChI=1S/C12H19NO3/c1-9(2)8-11(14)13-7-5-3-4-6-10(13)12(15)16/h8,10H,3-7H2,1-2H3,(H,15,16). The van der Waals surface area contributed by atoms with Gasteiger partial charge in [-0.3, -0.25) is 4.79 Å². The highest BCUT2D eigenvalue weighted by Crippen LogP contribution is 2.17. The number of carboxylic acids is 1. The molecule has 16 heavy (non-hydrogen) atoms. The lowest BCUT2D eigenvalue weighted by Gasteiger charge is -2.25. The molecule has 1 N–H and O–H groups in total. The lowest BCUT2D eigenvalue weighted by Crippen LogP contribution is -2.44. The van der Waals surface area contributed by atoms with E-state index in [0.717, 1.165) is 24.8 Å². The molecule has 0 spiro atoms. The van der Waals surface area contributed by atoms with Crippen molar-refractivity contribution < 1.29 is 14.7 Å². The smallest absolute Gasteiger partial charge is 0.326 e. The van der Waals surface area contributed by atoms with E-state index in [2.05, 4.69) is 0 Å². The number of carbonyl (C=O) groups excluding carboxylic acids is 1. The minimum atomic E-state index is -0.891. The number of aliphatic carboxylic acids is 1. The second-order valence-corrected chi connectivity index (χ2v) is 4.46. The van der Waals surface area contributed by atoms with Crippen molar-refractivity contribution >= 4 is 11.9 Å². The lowest BCUT2D eigenvalue weighted by atomic mass is 10.1. The molecule has 4 nitrogen and oxygen atoms in total. The summed E-state index contributed by atoms with van der Waals surface area (Å²) in [5, 5.41) is 9.10. The van der Waals surface area contributed by atoms with Crippen LogP contribution in [-0.4, -0.2) is 34.5 Å². The first-order chi connectivity index (χ1) is 7.52. The Morgan fingerprint density at radius 2 is 1.94 bits per heavy atom. The first-order valence-electron chi connectivity index (χ1n) is 5.70. The SMILES string of the molecule is CC(C)=CC(=O)N1CCCCCC1C(=O)O. The van der Waals surface area contributed by atoms with E-state index in [1.807, 2.05) is 13.8 Å². The zero-order chi connectivity index (χ0) is 12.1. The molecule has 1 fully saturated rings. The van der Waals surface area contributed by atoms with Crippen LogP contribution in [-0.2, 0) is 9.59 Å². The Balaban J connectivity index is 2.83. The van der Waals surface area contributed by atoms with Crippen molar-refractivity contribution in [3.8, 4) is 0 Å². The molecule has 1 unspecified atom stereocenters. The Hall–Kier alpha value is -1.32. The topological polar surface area (TPSA) is 57.6 Å². The van der Waals surface area contributed by atoms with E-state index >= 15 is 0 Å². The number of amides is 1. The Kier molecular flexibility index (Phi) is 4.52. The van der Waals surface area contributed by atoms with E-state index in [1.165, 1.54) is 11.0 Å². The quantitative estimate of drug-likeness (QED) is 0.729. The Morgan fingerprint density at radius 1 is 1.25 bits per heavy atom. The van der Waals surface area contributed by atoms with Gasteiger partial charge in [0.25, 0.3) is 0 Å².